The van der Waals surface area contributed by atoms with Gasteiger partial charge < -0.3 is 10.0 Å². The molecule has 0 aliphatic rings. The number of nitrogens with zero attached hydrogens (tertiary/aromatic N) is 2. The highest BCUT2D eigenvalue weighted by Crippen LogP contribution is 2.26. The minimum Gasteiger partial charge on any atom is -0.507 e. The van der Waals surface area contributed by atoms with Gasteiger partial charge in [0.25, 0.3) is 0 Å². The maximum absolute atomic E-state index is 10.4. The van der Waals surface area contributed by atoms with E-state index in [1.165, 1.54) is 10.9 Å². The van der Waals surface area contributed by atoms with Gasteiger partial charge >= 0.3 is 0 Å². The molecule has 1 aromatic heterocycles. The first-order valence-electron chi connectivity index (χ1n) is 8.78. The lowest BCUT2D eigenvalue weighted by Gasteiger charge is -2.21. The van der Waals surface area contributed by atoms with Gasteiger partial charge in [-0.1, -0.05) is 12.1 Å². The van der Waals surface area contributed by atoms with Crippen LogP contribution in [0.1, 0.15) is 25.1 Å². The molecule has 0 fully saturated rings. The summed E-state index contributed by atoms with van der Waals surface area (Å²) in [6.07, 6.45) is 4.00. The molecule has 3 heteroatoms. The Morgan fingerprint density at radius 3 is 2.44 bits per heavy atom. The smallest absolute Gasteiger partial charge is 0.212 e. The van der Waals surface area contributed by atoms with Crippen LogP contribution in [0.25, 0.3) is 23.1 Å². The summed E-state index contributed by atoms with van der Waals surface area (Å²) in [4.78, 5) is 2.22. The summed E-state index contributed by atoms with van der Waals surface area (Å²) in [6.45, 7) is 6.10. The molecule has 25 heavy (non-hydrogen) atoms. The van der Waals surface area contributed by atoms with Crippen LogP contribution in [0, 0.1) is 0 Å². The van der Waals surface area contributed by atoms with Crippen molar-refractivity contribution in [3.8, 4) is 5.75 Å². The van der Waals surface area contributed by atoms with E-state index in [0.717, 1.165) is 30.0 Å². The van der Waals surface area contributed by atoms with Crippen molar-refractivity contribution >= 4 is 28.7 Å². The van der Waals surface area contributed by atoms with Crippen LogP contribution < -0.4 is 9.47 Å². The van der Waals surface area contributed by atoms with Crippen LogP contribution in [-0.2, 0) is 7.05 Å². The zero-order valence-corrected chi connectivity index (χ0v) is 15.1. The molecule has 128 valence electrons. The van der Waals surface area contributed by atoms with Crippen LogP contribution in [-0.4, -0.2) is 18.2 Å². The minimum atomic E-state index is 0.309. The Morgan fingerprint density at radius 2 is 1.72 bits per heavy atom. The largest absolute Gasteiger partial charge is 0.507 e. The third kappa shape index (κ3) is 3.50. The zero-order valence-electron chi connectivity index (χ0n) is 15.1. The molecule has 0 radical (unpaired) electrons. The Hall–Kier alpha value is -2.81. The molecule has 0 unspecified atom stereocenters. The molecule has 1 N–H and O–H groups in total. The maximum atomic E-state index is 10.4. The number of pyridine rings is 1. The highest BCUT2D eigenvalue weighted by Gasteiger charge is 2.09. The van der Waals surface area contributed by atoms with Gasteiger partial charge in [-0.3, -0.25) is 0 Å². The fourth-order valence-electron chi connectivity index (χ4n) is 3.16. The van der Waals surface area contributed by atoms with Gasteiger partial charge in [0.15, 0.2) is 0 Å². The van der Waals surface area contributed by atoms with E-state index in [1.54, 1.807) is 0 Å². The fourth-order valence-corrected chi connectivity index (χ4v) is 3.16. The van der Waals surface area contributed by atoms with Crippen molar-refractivity contribution in [2.45, 2.75) is 13.8 Å². The molecular formula is C22H25N2O+. The molecule has 2 aromatic carbocycles. The fraction of sp³-hybridized carbons (Fsp3) is 0.227. The number of fused-ring (bicyclic) bond motifs is 1. The molecule has 0 bridgehead atoms. The van der Waals surface area contributed by atoms with Gasteiger partial charge in [0, 0.05) is 54.0 Å². The number of hydrogen-bond acceptors (Lipinski definition) is 2. The van der Waals surface area contributed by atoms with E-state index in [4.69, 9.17) is 0 Å². The standard InChI is InChI=1S/C22H24N2O/c1-4-24(5-2)20-15-12-18(22(25)16-20)11-14-19-13-10-17-8-6-7-9-21(17)23(19)3/h6-16H,4-5H2,1-3H3/p+1. The lowest BCUT2D eigenvalue weighted by Crippen LogP contribution is -2.32. The molecule has 0 aliphatic heterocycles. The highest BCUT2D eigenvalue weighted by atomic mass is 16.3. The molecule has 0 spiro atoms. The van der Waals surface area contributed by atoms with Crippen molar-refractivity contribution in [2.24, 2.45) is 7.05 Å². The second-order valence-electron chi connectivity index (χ2n) is 6.12. The number of aromatic hydroxyl groups is 1. The number of phenolic OH excluding ortho intramolecular Hbond substituents is 1. The van der Waals surface area contributed by atoms with Crippen LogP contribution in [0.3, 0.4) is 0 Å². The normalized spacial score (nSPS) is 11.3. The Kier molecular flexibility index (Phi) is 5.03. The van der Waals surface area contributed by atoms with E-state index in [2.05, 4.69) is 60.7 Å². The molecule has 0 atom stereocenters. The van der Waals surface area contributed by atoms with Gasteiger partial charge in [-0.2, -0.15) is 4.57 Å². The average molecular weight is 333 g/mol. The molecule has 0 saturated carbocycles. The van der Waals surface area contributed by atoms with Crippen LogP contribution in [0.15, 0.2) is 54.6 Å². The maximum Gasteiger partial charge on any atom is 0.212 e. The van der Waals surface area contributed by atoms with E-state index in [1.807, 2.05) is 36.4 Å². The Bertz CT molecular complexity index is 911. The van der Waals surface area contributed by atoms with E-state index in [-0.39, 0.29) is 0 Å². The second-order valence-corrected chi connectivity index (χ2v) is 6.12. The highest BCUT2D eigenvalue weighted by molar-refractivity contribution is 5.78. The predicted molar refractivity (Wildman–Crippen MR) is 106 cm³/mol. The molecule has 3 rings (SSSR count). The molecular weight excluding hydrogens is 308 g/mol. The molecule has 1 heterocycles. The van der Waals surface area contributed by atoms with Crippen molar-refractivity contribution in [2.75, 3.05) is 18.0 Å². The van der Waals surface area contributed by atoms with Crippen molar-refractivity contribution in [3.63, 3.8) is 0 Å². The number of benzene rings is 2. The van der Waals surface area contributed by atoms with Crippen LogP contribution in [0.5, 0.6) is 5.75 Å². The summed E-state index contributed by atoms with van der Waals surface area (Å²) in [6, 6.07) is 18.4. The van der Waals surface area contributed by atoms with Gasteiger partial charge in [0.05, 0.1) is 0 Å². The number of para-hydroxylation sites is 1. The van der Waals surface area contributed by atoms with Crippen molar-refractivity contribution in [1.82, 2.24) is 0 Å². The van der Waals surface area contributed by atoms with E-state index < -0.39 is 0 Å². The molecule has 0 amide bonds. The quantitative estimate of drug-likeness (QED) is 0.701. The van der Waals surface area contributed by atoms with Crippen LogP contribution in [0.4, 0.5) is 5.69 Å². The van der Waals surface area contributed by atoms with E-state index >= 15 is 0 Å². The Balaban J connectivity index is 1.91. The number of phenols is 1. The molecule has 3 nitrogen and oxygen atoms in total. The monoisotopic (exact) mass is 333 g/mol. The van der Waals surface area contributed by atoms with Crippen molar-refractivity contribution in [3.05, 3.63) is 65.9 Å². The molecule has 0 aliphatic carbocycles. The first-order valence-corrected chi connectivity index (χ1v) is 8.78. The third-order valence-corrected chi connectivity index (χ3v) is 4.70. The minimum absolute atomic E-state index is 0.309. The van der Waals surface area contributed by atoms with E-state index in [9.17, 15) is 5.11 Å². The Morgan fingerprint density at radius 1 is 0.960 bits per heavy atom. The van der Waals surface area contributed by atoms with Gasteiger partial charge in [-0.15, -0.1) is 0 Å². The summed E-state index contributed by atoms with van der Waals surface area (Å²) < 4.78 is 2.16. The number of aromatic nitrogens is 1. The van der Waals surface area contributed by atoms with Crippen LogP contribution in [0.2, 0.25) is 0 Å². The number of rotatable bonds is 5. The Labute approximate surface area is 149 Å². The first kappa shape index (κ1) is 17.0. The van der Waals surface area contributed by atoms with Gasteiger partial charge in [-0.25, -0.2) is 0 Å². The topological polar surface area (TPSA) is 27.4 Å². The van der Waals surface area contributed by atoms with Crippen molar-refractivity contribution in [1.29, 1.82) is 0 Å². The summed E-state index contributed by atoms with van der Waals surface area (Å²) in [5.41, 5.74) is 4.15. The summed E-state index contributed by atoms with van der Waals surface area (Å²) in [5, 5.41) is 11.6. The lowest BCUT2D eigenvalue weighted by molar-refractivity contribution is -0.646. The van der Waals surface area contributed by atoms with E-state index in [0.29, 0.717) is 5.75 Å². The lowest BCUT2D eigenvalue weighted by atomic mass is 10.1. The van der Waals surface area contributed by atoms with Gasteiger partial charge in [0.1, 0.15) is 12.8 Å². The summed E-state index contributed by atoms with van der Waals surface area (Å²) in [5.74, 6) is 0.309. The van der Waals surface area contributed by atoms with Crippen LogP contribution >= 0.6 is 0 Å². The summed E-state index contributed by atoms with van der Waals surface area (Å²) >= 11 is 0. The average Bonchev–Trinajstić information content (AvgIpc) is 2.64. The number of anilines is 1. The number of aryl methyl sites for hydroxylation is 1. The zero-order chi connectivity index (χ0) is 17.8. The molecule has 0 saturated heterocycles. The second kappa shape index (κ2) is 7.39. The van der Waals surface area contributed by atoms with Crippen molar-refractivity contribution < 1.29 is 9.67 Å². The third-order valence-electron chi connectivity index (χ3n) is 4.70. The molecule has 3 aromatic rings. The number of hydrogen-bond donors (Lipinski definition) is 1. The first-order chi connectivity index (χ1) is 12.1. The van der Waals surface area contributed by atoms with Gasteiger partial charge in [-0.05, 0) is 44.2 Å². The SMILES string of the molecule is CCN(CC)c1ccc(C=Cc2ccc3ccccc3[n+]2C)c(O)c1. The predicted octanol–water partition coefficient (Wildman–Crippen LogP) is 4.39. The summed E-state index contributed by atoms with van der Waals surface area (Å²) in [7, 11) is 2.06. The van der Waals surface area contributed by atoms with Gasteiger partial charge in [0.2, 0.25) is 11.2 Å².